The number of hydrogen-bond acceptors (Lipinski definition) is 2. The molecule has 19 heavy (non-hydrogen) atoms. The SMILES string of the molecule is COC(C)CNc1ccccc1Cc1ccccc1. The molecule has 1 N–H and O–H groups in total. The smallest absolute Gasteiger partial charge is 0.0715 e. The largest absolute Gasteiger partial charge is 0.382 e. The van der Waals surface area contributed by atoms with E-state index in [4.69, 9.17) is 4.74 Å². The van der Waals surface area contributed by atoms with Crippen molar-refractivity contribution < 1.29 is 4.74 Å². The second-order valence-corrected chi connectivity index (χ2v) is 4.75. The first kappa shape index (κ1) is 13.6. The first-order valence-electron chi connectivity index (χ1n) is 6.68. The van der Waals surface area contributed by atoms with Gasteiger partial charge in [-0.2, -0.15) is 0 Å². The lowest BCUT2D eigenvalue weighted by Crippen LogP contribution is -2.18. The molecule has 0 aromatic heterocycles. The van der Waals surface area contributed by atoms with Crippen LogP contribution in [-0.2, 0) is 11.2 Å². The lowest BCUT2D eigenvalue weighted by atomic mass is 10.0. The lowest BCUT2D eigenvalue weighted by Gasteiger charge is -2.15. The van der Waals surface area contributed by atoms with Crippen molar-refractivity contribution in [3.8, 4) is 0 Å². The van der Waals surface area contributed by atoms with Crippen molar-refractivity contribution in [1.29, 1.82) is 0 Å². The molecule has 0 heterocycles. The van der Waals surface area contributed by atoms with Gasteiger partial charge >= 0.3 is 0 Å². The van der Waals surface area contributed by atoms with Crippen LogP contribution in [0.4, 0.5) is 5.69 Å². The molecule has 1 unspecified atom stereocenters. The number of anilines is 1. The Bertz CT molecular complexity index is 496. The number of nitrogens with one attached hydrogen (secondary N) is 1. The van der Waals surface area contributed by atoms with Gasteiger partial charge in [0.1, 0.15) is 0 Å². The maximum Gasteiger partial charge on any atom is 0.0715 e. The van der Waals surface area contributed by atoms with E-state index in [0.29, 0.717) is 0 Å². The van der Waals surface area contributed by atoms with Crippen LogP contribution >= 0.6 is 0 Å². The van der Waals surface area contributed by atoms with Crippen molar-refractivity contribution >= 4 is 5.69 Å². The van der Waals surface area contributed by atoms with Gasteiger partial charge in [0.15, 0.2) is 0 Å². The monoisotopic (exact) mass is 255 g/mol. The summed E-state index contributed by atoms with van der Waals surface area (Å²) in [4.78, 5) is 0. The van der Waals surface area contributed by atoms with Gasteiger partial charge in [0.25, 0.3) is 0 Å². The summed E-state index contributed by atoms with van der Waals surface area (Å²) in [6, 6.07) is 19.0. The Morgan fingerprint density at radius 1 is 1.00 bits per heavy atom. The molecule has 1 atom stereocenters. The van der Waals surface area contributed by atoms with Crippen molar-refractivity contribution in [1.82, 2.24) is 0 Å². The van der Waals surface area contributed by atoms with Gasteiger partial charge in [-0.3, -0.25) is 0 Å². The van der Waals surface area contributed by atoms with Crippen LogP contribution in [-0.4, -0.2) is 19.8 Å². The van der Waals surface area contributed by atoms with Crippen molar-refractivity contribution in [2.75, 3.05) is 19.0 Å². The Morgan fingerprint density at radius 2 is 1.68 bits per heavy atom. The second-order valence-electron chi connectivity index (χ2n) is 4.75. The van der Waals surface area contributed by atoms with E-state index >= 15 is 0 Å². The molecule has 2 aromatic rings. The molecule has 0 amide bonds. The molecule has 0 bridgehead atoms. The Morgan fingerprint density at radius 3 is 2.42 bits per heavy atom. The predicted molar refractivity (Wildman–Crippen MR) is 80.7 cm³/mol. The van der Waals surface area contributed by atoms with Crippen LogP contribution in [0.2, 0.25) is 0 Å². The van der Waals surface area contributed by atoms with Crippen LogP contribution in [0, 0.1) is 0 Å². The standard InChI is InChI=1S/C17H21NO/c1-14(19-2)13-18-17-11-7-6-10-16(17)12-15-8-4-3-5-9-15/h3-11,14,18H,12-13H2,1-2H3. The quantitative estimate of drug-likeness (QED) is 0.849. The first-order valence-corrected chi connectivity index (χ1v) is 6.68. The third kappa shape index (κ3) is 4.11. The third-order valence-electron chi connectivity index (χ3n) is 3.24. The van der Waals surface area contributed by atoms with E-state index in [2.05, 4.69) is 60.8 Å². The van der Waals surface area contributed by atoms with E-state index in [0.717, 1.165) is 13.0 Å². The predicted octanol–water partition coefficient (Wildman–Crippen LogP) is 3.72. The average Bonchev–Trinajstić information content (AvgIpc) is 2.47. The van der Waals surface area contributed by atoms with Crippen molar-refractivity contribution in [3.05, 3.63) is 65.7 Å². The maximum absolute atomic E-state index is 5.27. The molecule has 0 aliphatic heterocycles. The topological polar surface area (TPSA) is 21.3 Å². The van der Waals surface area contributed by atoms with E-state index < -0.39 is 0 Å². The fraction of sp³-hybridized carbons (Fsp3) is 0.294. The fourth-order valence-electron chi connectivity index (χ4n) is 2.00. The molecule has 0 saturated heterocycles. The molecular formula is C17H21NO. The molecule has 2 rings (SSSR count). The van der Waals surface area contributed by atoms with Gasteiger partial charge in [-0.05, 0) is 30.5 Å². The summed E-state index contributed by atoms with van der Waals surface area (Å²) in [6.45, 7) is 2.88. The maximum atomic E-state index is 5.27. The molecule has 0 aliphatic carbocycles. The molecule has 0 saturated carbocycles. The number of para-hydroxylation sites is 1. The van der Waals surface area contributed by atoms with Crippen molar-refractivity contribution in [2.45, 2.75) is 19.4 Å². The second kappa shape index (κ2) is 6.95. The normalized spacial score (nSPS) is 12.1. The van der Waals surface area contributed by atoms with Crippen LogP contribution in [0.3, 0.4) is 0 Å². The number of methoxy groups -OCH3 is 1. The van der Waals surface area contributed by atoms with Crippen LogP contribution in [0.5, 0.6) is 0 Å². The zero-order valence-electron chi connectivity index (χ0n) is 11.6. The minimum absolute atomic E-state index is 0.213. The number of benzene rings is 2. The minimum atomic E-state index is 0.213. The molecule has 2 aromatic carbocycles. The van der Waals surface area contributed by atoms with E-state index in [1.807, 2.05) is 6.07 Å². The zero-order valence-corrected chi connectivity index (χ0v) is 11.6. The van der Waals surface area contributed by atoms with Gasteiger partial charge in [-0.1, -0.05) is 48.5 Å². The van der Waals surface area contributed by atoms with E-state index in [-0.39, 0.29) is 6.10 Å². The molecule has 0 spiro atoms. The van der Waals surface area contributed by atoms with Crippen LogP contribution in [0.25, 0.3) is 0 Å². The number of rotatable bonds is 6. The van der Waals surface area contributed by atoms with Crippen LogP contribution in [0.1, 0.15) is 18.1 Å². The molecule has 2 heteroatoms. The Labute approximate surface area is 115 Å². The highest BCUT2D eigenvalue weighted by Crippen LogP contribution is 2.19. The molecule has 2 nitrogen and oxygen atoms in total. The van der Waals surface area contributed by atoms with Crippen molar-refractivity contribution in [2.24, 2.45) is 0 Å². The molecule has 0 radical (unpaired) electrons. The summed E-state index contributed by atoms with van der Waals surface area (Å²) < 4.78 is 5.27. The summed E-state index contributed by atoms with van der Waals surface area (Å²) in [5.74, 6) is 0. The first-order chi connectivity index (χ1) is 9.29. The van der Waals surface area contributed by atoms with Gasteiger partial charge in [-0.25, -0.2) is 0 Å². The highest BCUT2D eigenvalue weighted by molar-refractivity contribution is 5.52. The number of ether oxygens (including phenoxy) is 1. The van der Waals surface area contributed by atoms with Gasteiger partial charge in [0.2, 0.25) is 0 Å². The van der Waals surface area contributed by atoms with Crippen LogP contribution < -0.4 is 5.32 Å². The number of hydrogen-bond donors (Lipinski definition) is 1. The Balaban J connectivity index is 2.08. The third-order valence-corrected chi connectivity index (χ3v) is 3.24. The van der Waals surface area contributed by atoms with E-state index in [1.54, 1.807) is 7.11 Å². The molecule has 0 fully saturated rings. The molecule has 100 valence electrons. The lowest BCUT2D eigenvalue weighted by molar-refractivity contribution is 0.129. The fourth-order valence-corrected chi connectivity index (χ4v) is 2.00. The van der Waals surface area contributed by atoms with Crippen molar-refractivity contribution in [3.63, 3.8) is 0 Å². The summed E-state index contributed by atoms with van der Waals surface area (Å²) >= 11 is 0. The van der Waals surface area contributed by atoms with Gasteiger partial charge in [-0.15, -0.1) is 0 Å². The van der Waals surface area contributed by atoms with Gasteiger partial charge in [0.05, 0.1) is 6.10 Å². The Hall–Kier alpha value is -1.80. The molecule has 0 aliphatic rings. The summed E-state index contributed by atoms with van der Waals surface area (Å²) in [6.07, 6.45) is 1.16. The summed E-state index contributed by atoms with van der Waals surface area (Å²) in [5.41, 5.74) is 3.84. The van der Waals surface area contributed by atoms with E-state index in [1.165, 1.54) is 16.8 Å². The zero-order chi connectivity index (χ0) is 13.5. The summed E-state index contributed by atoms with van der Waals surface area (Å²) in [5, 5.41) is 3.46. The van der Waals surface area contributed by atoms with Crippen LogP contribution in [0.15, 0.2) is 54.6 Å². The Kier molecular flexibility index (Phi) is 4.99. The highest BCUT2D eigenvalue weighted by Gasteiger charge is 2.04. The minimum Gasteiger partial charge on any atom is -0.382 e. The van der Waals surface area contributed by atoms with E-state index in [9.17, 15) is 0 Å². The molecular weight excluding hydrogens is 234 g/mol. The van der Waals surface area contributed by atoms with Gasteiger partial charge < -0.3 is 10.1 Å². The summed E-state index contributed by atoms with van der Waals surface area (Å²) in [7, 11) is 1.74. The highest BCUT2D eigenvalue weighted by atomic mass is 16.5. The average molecular weight is 255 g/mol. The van der Waals surface area contributed by atoms with Gasteiger partial charge in [0, 0.05) is 19.3 Å².